The minimum absolute atomic E-state index is 0.0446. The largest absolute Gasteiger partial charge is 0.423 e. The van der Waals surface area contributed by atoms with Gasteiger partial charge < -0.3 is 19.9 Å². The summed E-state index contributed by atoms with van der Waals surface area (Å²) in [5, 5.41) is 19.4. The van der Waals surface area contributed by atoms with E-state index < -0.39 is 5.54 Å². The van der Waals surface area contributed by atoms with Crippen LogP contribution < -0.4 is 5.73 Å². The van der Waals surface area contributed by atoms with Crippen molar-refractivity contribution in [1.29, 1.82) is 10.8 Å². The van der Waals surface area contributed by atoms with E-state index in [1.807, 2.05) is 52.4 Å². The molecule has 2 aromatic heterocycles. The third kappa shape index (κ3) is 4.89. The Hall–Kier alpha value is -3.30. The molecule has 9 heteroatoms. The highest BCUT2D eigenvalue weighted by Gasteiger charge is 2.33. The van der Waals surface area contributed by atoms with Crippen LogP contribution in [0.15, 0.2) is 48.1 Å². The Kier molecular flexibility index (Phi) is 6.18. The number of thiazole rings is 1. The van der Waals surface area contributed by atoms with Crippen LogP contribution in [-0.2, 0) is 4.74 Å². The van der Waals surface area contributed by atoms with E-state index in [2.05, 4.69) is 4.98 Å². The summed E-state index contributed by atoms with van der Waals surface area (Å²) in [6.45, 7) is 5.90. The van der Waals surface area contributed by atoms with Crippen molar-refractivity contribution >= 4 is 29.0 Å². The molecule has 4 rings (SSSR count). The summed E-state index contributed by atoms with van der Waals surface area (Å²) in [5.74, 6) is -0.553. The van der Waals surface area contributed by atoms with Gasteiger partial charge in [0.25, 0.3) is 5.91 Å². The Balaban J connectivity index is 1.69. The van der Waals surface area contributed by atoms with Gasteiger partial charge in [-0.1, -0.05) is 0 Å². The predicted molar refractivity (Wildman–Crippen MR) is 130 cm³/mol. The van der Waals surface area contributed by atoms with Crippen molar-refractivity contribution in [3.05, 3.63) is 69.9 Å². The molecule has 0 spiro atoms. The molecule has 33 heavy (non-hydrogen) atoms. The highest BCUT2D eigenvalue weighted by molar-refractivity contribution is 7.09. The third-order valence-corrected chi connectivity index (χ3v) is 6.62. The second kappa shape index (κ2) is 8.92. The van der Waals surface area contributed by atoms with E-state index in [-0.39, 0.29) is 23.7 Å². The summed E-state index contributed by atoms with van der Waals surface area (Å²) in [5.41, 5.74) is 7.47. The summed E-state index contributed by atoms with van der Waals surface area (Å²) in [4.78, 5) is 20.1. The number of hydrogen-bond acceptors (Lipinski definition) is 7. The van der Waals surface area contributed by atoms with Gasteiger partial charge in [-0.25, -0.2) is 4.98 Å². The first-order valence-corrected chi connectivity index (χ1v) is 11.7. The number of likely N-dealkylation sites (tertiary alicyclic amines) is 1. The van der Waals surface area contributed by atoms with Crippen LogP contribution in [0.3, 0.4) is 0 Å². The molecule has 4 N–H and O–H groups in total. The number of carbonyl (C=O) groups excluding carboxylic acids is 1. The van der Waals surface area contributed by atoms with Crippen molar-refractivity contribution in [2.24, 2.45) is 5.73 Å². The Labute approximate surface area is 197 Å². The van der Waals surface area contributed by atoms with E-state index in [0.29, 0.717) is 17.7 Å². The first kappa shape index (κ1) is 22.9. The molecule has 1 aromatic carbocycles. The number of carbonyl (C=O) groups is 1. The first-order valence-electron chi connectivity index (χ1n) is 10.8. The predicted octanol–water partition coefficient (Wildman–Crippen LogP) is 4.28. The number of aromatic nitrogens is 2. The van der Waals surface area contributed by atoms with Gasteiger partial charge in [0, 0.05) is 46.8 Å². The maximum absolute atomic E-state index is 13.6. The average Bonchev–Trinajstić information content (AvgIpc) is 3.53. The Morgan fingerprint density at radius 3 is 2.55 bits per heavy atom. The van der Waals surface area contributed by atoms with Crippen LogP contribution in [0.1, 0.15) is 59.4 Å². The Morgan fingerprint density at radius 2 is 1.91 bits per heavy atom. The molecule has 3 heterocycles. The molecule has 0 saturated carbocycles. The summed E-state index contributed by atoms with van der Waals surface area (Å²) in [7, 11) is 0. The fourth-order valence-corrected chi connectivity index (χ4v) is 4.71. The monoisotopic (exact) mass is 464 g/mol. The highest BCUT2D eigenvalue weighted by atomic mass is 32.1. The van der Waals surface area contributed by atoms with Crippen LogP contribution in [0.2, 0.25) is 0 Å². The van der Waals surface area contributed by atoms with Crippen molar-refractivity contribution in [1.82, 2.24) is 14.5 Å². The normalized spacial score (nSPS) is 16.1. The number of nitrogens with zero attached hydrogens (tertiary/aromatic N) is 3. The number of aryl methyl sites for hydroxylation is 1. The summed E-state index contributed by atoms with van der Waals surface area (Å²) < 4.78 is 7.30. The van der Waals surface area contributed by atoms with Crippen molar-refractivity contribution in [2.45, 2.75) is 45.2 Å². The van der Waals surface area contributed by atoms with Gasteiger partial charge in [-0.05, 0) is 63.9 Å². The number of rotatable bonds is 5. The van der Waals surface area contributed by atoms with Gasteiger partial charge in [-0.2, -0.15) is 0 Å². The zero-order valence-electron chi connectivity index (χ0n) is 19.0. The molecule has 172 valence electrons. The van der Waals surface area contributed by atoms with Crippen molar-refractivity contribution in [3.63, 3.8) is 0 Å². The molecule has 1 aliphatic rings. The lowest BCUT2D eigenvalue weighted by Crippen LogP contribution is -2.43. The minimum atomic E-state index is -1.02. The van der Waals surface area contributed by atoms with Gasteiger partial charge in [-0.15, -0.1) is 11.3 Å². The minimum Gasteiger partial charge on any atom is -0.423 e. The van der Waals surface area contributed by atoms with Crippen LogP contribution in [0.4, 0.5) is 0 Å². The number of ether oxygens (including phenoxy) is 1. The number of hydrogen-bond donors (Lipinski definition) is 3. The maximum Gasteiger partial charge on any atom is 0.254 e. The van der Waals surface area contributed by atoms with Gasteiger partial charge >= 0.3 is 0 Å². The molecular formula is C24H28N6O2S. The third-order valence-electron chi connectivity index (χ3n) is 5.55. The number of nitrogens with one attached hydrogen (secondary N) is 2. The lowest BCUT2D eigenvalue weighted by molar-refractivity contribution is 0.0735. The van der Waals surface area contributed by atoms with E-state index in [0.717, 1.165) is 29.2 Å². The molecule has 0 bridgehead atoms. The molecule has 1 amide bonds. The number of amides is 1. The fraction of sp³-hybridized carbons (Fsp3) is 0.333. The molecule has 0 radical (unpaired) electrons. The number of benzene rings is 1. The molecule has 0 aliphatic carbocycles. The second-order valence-corrected chi connectivity index (χ2v) is 9.71. The number of nitrogens with two attached hydrogens (primary N) is 1. The fourth-order valence-electron chi connectivity index (χ4n) is 3.77. The molecule has 1 saturated heterocycles. The molecule has 1 fully saturated rings. The zero-order valence-corrected chi connectivity index (χ0v) is 19.8. The van der Waals surface area contributed by atoms with Crippen LogP contribution in [-0.4, -0.2) is 44.2 Å². The van der Waals surface area contributed by atoms with E-state index >= 15 is 0 Å². The molecule has 3 aromatic rings. The van der Waals surface area contributed by atoms with Gasteiger partial charge in [-0.3, -0.25) is 15.6 Å². The van der Waals surface area contributed by atoms with Crippen LogP contribution in [0, 0.1) is 17.7 Å². The molecule has 0 unspecified atom stereocenters. The molecule has 1 atom stereocenters. The average molecular weight is 465 g/mol. The first-order chi connectivity index (χ1) is 15.6. The quantitative estimate of drug-likeness (QED) is 0.385. The SMILES string of the molecule is Cc1csc([C@H]2CCCN2C(=O)c2cc(C(=N)OC(=N)C(C)(C)N)cc(-n3cccc3)c2)n1. The lowest BCUT2D eigenvalue weighted by Gasteiger charge is -2.24. The highest BCUT2D eigenvalue weighted by Crippen LogP contribution is 2.35. The zero-order chi connectivity index (χ0) is 23.8. The molecule has 1 aliphatic heterocycles. The second-order valence-electron chi connectivity index (χ2n) is 8.82. The summed E-state index contributed by atoms with van der Waals surface area (Å²) in [6.07, 6.45) is 5.55. The van der Waals surface area contributed by atoms with E-state index in [1.165, 1.54) is 0 Å². The Morgan fingerprint density at radius 1 is 1.21 bits per heavy atom. The van der Waals surface area contributed by atoms with E-state index in [9.17, 15) is 4.79 Å². The maximum atomic E-state index is 13.6. The smallest absolute Gasteiger partial charge is 0.254 e. The van der Waals surface area contributed by atoms with E-state index in [1.54, 1.807) is 37.3 Å². The van der Waals surface area contributed by atoms with Gasteiger partial charge in [0.05, 0.1) is 11.6 Å². The van der Waals surface area contributed by atoms with Gasteiger partial charge in [0.2, 0.25) is 11.8 Å². The molecular weight excluding hydrogens is 436 g/mol. The topological polar surface area (TPSA) is 121 Å². The summed E-state index contributed by atoms with van der Waals surface area (Å²) >= 11 is 1.58. The molecule has 8 nitrogen and oxygen atoms in total. The van der Waals surface area contributed by atoms with Gasteiger partial charge in [0.15, 0.2) is 0 Å². The van der Waals surface area contributed by atoms with E-state index in [4.69, 9.17) is 21.3 Å². The van der Waals surface area contributed by atoms with Crippen LogP contribution >= 0.6 is 11.3 Å². The van der Waals surface area contributed by atoms with Crippen LogP contribution in [0.25, 0.3) is 5.69 Å². The van der Waals surface area contributed by atoms with Crippen LogP contribution in [0.5, 0.6) is 0 Å². The van der Waals surface area contributed by atoms with Crippen molar-refractivity contribution < 1.29 is 9.53 Å². The lowest BCUT2D eigenvalue weighted by atomic mass is 10.1. The summed E-state index contributed by atoms with van der Waals surface area (Å²) in [6, 6.07) is 8.98. The van der Waals surface area contributed by atoms with Crippen molar-refractivity contribution in [3.8, 4) is 5.69 Å². The van der Waals surface area contributed by atoms with Gasteiger partial charge in [0.1, 0.15) is 5.01 Å². The standard InChI is InChI=1S/C24H28N6O2S/c1-15-14-33-21(28-15)19-7-6-10-30(19)22(31)17-11-16(20(25)32-23(26)24(2,3)27)12-18(13-17)29-8-4-5-9-29/h4-5,8-9,11-14,19,25-26H,6-7,10,27H2,1-3H3/t19-/m1/s1. The van der Waals surface area contributed by atoms with Crippen molar-refractivity contribution in [2.75, 3.05) is 6.54 Å². The Bertz CT molecular complexity index is 1190.